The molecule has 2 atom stereocenters. The molecule has 0 radical (unpaired) electrons. The third-order valence-corrected chi connectivity index (χ3v) is 8.86. The number of anilines is 4. The minimum absolute atomic E-state index is 0.175. The molecule has 0 bridgehead atoms. The molecular weight excluding hydrogens is 680 g/mol. The van der Waals surface area contributed by atoms with E-state index in [1.165, 1.54) is 11.9 Å². The molecule has 18 nitrogen and oxygen atoms in total. The van der Waals surface area contributed by atoms with E-state index in [1.807, 2.05) is 45.3 Å². The summed E-state index contributed by atoms with van der Waals surface area (Å²) in [6.07, 6.45) is 8.76. The lowest BCUT2D eigenvalue weighted by molar-refractivity contribution is 0.0292. The third-order valence-electron chi connectivity index (χ3n) is 8.86. The number of hydrogen-bond donors (Lipinski definition) is 3. The number of hydrogen-bond acceptors (Lipinski definition) is 15. The Morgan fingerprint density at radius 3 is 1.83 bits per heavy atom. The molecule has 6 aromatic heterocycles. The van der Waals surface area contributed by atoms with Crippen molar-refractivity contribution in [3.63, 3.8) is 0 Å². The Hall–Kier alpha value is -6.17. The molecule has 0 saturated carbocycles. The summed E-state index contributed by atoms with van der Waals surface area (Å²) in [6, 6.07) is 11.2. The molecular formula is C35H42N14O4. The highest BCUT2D eigenvalue weighted by molar-refractivity contribution is 5.74. The zero-order chi connectivity index (χ0) is 37.0. The van der Waals surface area contributed by atoms with Crippen molar-refractivity contribution in [2.24, 2.45) is 0 Å². The number of likely N-dealkylation sites (tertiary alicyclic amines) is 1. The van der Waals surface area contributed by atoms with Crippen molar-refractivity contribution < 1.29 is 19.0 Å². The molecule has 2 saturated heterocycles. The first-order valence-electron chi connectivity index (χ1n) is 17.3. The molecule has 1 amide bonds. The van der Waals surface area contributed by atoms with Gasteiger partial charge in [-0.2, -0.15) is 10.2 Å². The minimum Gasteiger partial charge on any atom is -0.480 e. The van der Waals surface area contributed by atoms with Gasteiger partial charge < -0.3 is 35.1 Å². The van der Waals surface area contributed by atoms with Crippen LogP contribution in [0.15, 0.2) is 61.4 Å². The number of carbonyl (C=O) groups is 1. The first-order chi connectivity index (χ1) is 25.7. The molecule has 18 heteroatoms. The normalized spacial score (nSPS) is 17.0. The van der Waals surface area contributed by atoms with Crippen molar-refractivity contribution in [3.8, 4) is 11.8 Å². The third kappa shape index (κ3) is 8.33. The molecule has 8 rings (SSSR count). The lowest BCUT2D eigenvalue weighted by Crippen LogP contribution is -2.35. The van der Waals surface area contributed by atoms with Crippen LogP contribution in [0.4, 0.5) is 27.8 Å². The number of pyridine rings is 2. The maximum absolute atomic E-state index is 12.4. The summed E-state index contributed by atoms with van der Waals surface area (Å²) in [6.45, 7) is 8.90. The van der Waals surface area contributed by atoms with Crippen LogP contribution in [0.3, 0.4) is 0 Å². The first-order valence-corrected chi connectivity index (χ1v) is 17.3. The second-order valence-electron chi connectivity index (χ2n) is 13.7. The van der Waals surface area contributed by atoms with Crippen molar-refractivity contribution in [1.82, 2.24) is 59.8 Å². The molecule has 0 aliphatic carbocycles. The fraction of sp³-hybridized carbons (Fsp3) is 0.400. The molecule has 0 spiro atoms. The molecule has 2 fully saturated rings. The van der Waals surface area contributed by atoms with Gasteiger partial charge in [-0.05, 0) is 81.5 Å². The molecule has 53 heavy (non-hydrogen) atoms. The topological polar surface area (TPSA) is 196 Å². The lowest BCUT2D eigenvalue weighted by atomic mass is 10.00. The Morgan fingerprint density at radius 2 is 1.36 bits per heavy atom. The number of amides is 1. The zero-order valence-corrected chi connectivity index (χ0v) is 30.2. The van der Waals surface area contributed by atoms with E-state index in [4.69, 9.17) is 14.2 Å². The zero-order valence-electron chi connectivity index (χ0n) is 30.2. The predicted molar refractivity (Wildman–Crippen MR) is 195 cm³/mol. The van der Waals surface area contributed by atoms with Crippen LogP contribution < -0.4 is 25.4 Å². The van der Waals surface area contributed by atoms with Gasteiger partial charge in [0, 0.05) is 50.1 Å². The smallest absolute Gasteiger partial charge is 0.410 e. The second kappa shape index (κ2) is 15.2. The average molecular weight is 723 g/mol. The molecule has 6 aromatic rings. The summed E-state index contributed by atoms with van der Waals surface area (Å²) in [7, 11) is 3.11. The molecule has 276 valence electrons. The minimum atomic E-state index is -0.509. The van der Waals surface area contributed by atoms with E-state index < -0.39 is 5.60 Å². The monoisotopic (exact) mass is 722 g/mol. The van der Waals surface area contributed by atoms with Crippen LogP contribution in [0.5, 0.6) is 11.8 Å². The van der Waals surface area contributed by atoms with Gasteiger partial charge in [0.1, 0.15) is 18.3 Å². The van der Waals surface area contributed by atoms with Gasteiger partial charge in [0.15, 0.2) is 22.9 Å². The van der Waals surface area contributed by atoms with Crippen LogP contribution in [0.1, 0.15) is 56.6 Å². The maximum Gasteiger partial charge on any atom is 0.410 e. The SMILES string of the molecule is COc1ccc(Nc2cc(C3CCN(C(=O)OC(C)(C)C)C3)cn3ncnc23)nn1.COc1ccc(Nc2cc(C3CCNC3)cn3ncnc23)nn1. The Morgan fingerprint density at radius 1 is 0.792 bits per heavy atom. The predicted octanol–water partition coefficient (Wildman–Crippen LogP) is 4.34. The van der Waals surface area contributed by atoms with Gasteiger partial charge in [0.2, 0.25) is 11.8 Å². The van der Waals surface area contributed by atoms with E-state index in [1.54, 1.807) is 52.7 Å². The van der Waals surface area contributed by atoms with Crippen LogP contribution in [0, 0.1) is 0 Å². The largest absolute Gasteiger partial charge is 0.480 e. The van der Waals surface area contributed by atoms with E-state index in [2.05, 4.69) is 62.6 Å². The number of rotatable bonds is 8. The Bertz CT molecular complexity index is 2160. The number of aromatic nitrogens is 10. The molecule has 2 unspecified atom stereocenters. The molecule has 0 aromatic carbocycles. The second-order valence-corrected chi connectivity index (χ2v) is 13.7. The Kier molecular flexibility index (Phi) is 10.1. The Labute approximate surface area is 305 Å². The fourth-order valence-corrected chi connectivity index (χ4v) is 6.26. The lowest BCUT2D eigenvalue weighted by Gasteiger charge is -2.24. The van der Waals surface area contributed by atoms with Crippen molar-refractivity contribution in [1.29, 1.82) is 0 Å². The van der Waals surface area contributed by atoms with Gasteiger partial charge in [0.05, 0.1) is 25.6 Å². The van der Waals surface area contributed by atoms with Gasteiger partial charge in [-0.3, -0.25) is 0 Å². The van der Waals surface area contributed by atoms with Crippen molar-refractivity contribution >= 4 is 40.4 Å². The molecule has 2 aliphatic rings. The maximum atomic E-state index is 12.4. The fourth-order valence-electron chi connectivity index (χ4n) is 6.26. The van der Waals surface area contributed by atoms with E-state index in [0.29, 0.717) is 48.1 Å². The van der Waals surface area contributed by atoms with E-state index in [-0.39, 0.29) is 12.0 Å². The van der Waals surface area contributed by atoms with Gasteiger partial charge in [0.25, 0.3) is 0 Å². The number of fused-ring (bicyclic) bond motifs is 2. The summed E-state index contributed by atoms with van der Waals surface area (Å²) < 4.78 is 19.1. The van der Waals surface area contributed by atoms with Crippen molar-refractivity contribution in [2.45, 2.75) is 51.0 Å². The van der Waals surface area contributed by atoms with E-state index in [9.17, 15) is 4.79 Å². The highest BCUT2D eigenvalue weighted by Gasteiger charge is 2.31. The number of carbonyl (C=O) groups excluding carboxylic acids is 1. The molecule has 3 N–H and O–H groups in total. The van der Waals surface area contributed by atoms with Gasteiger partial charge in [-0.15, -0.1) is 20.4 Å². The highest BCUT2D eigenvalue weighted by Crippen LogP contribution is 2.32. The number of ether oxygens (including phenoxy) is 3. The van der Waals surface area contributed by atoms with Crippen molar-refractivity contribution in [3.05, 3.63) is 72.6 Å². The quantitative estimate of drug-likeness (QED) is 0.200. The summed E-state index contributed by atoms with van der Waals surface area (Å²) in [5, 5.41) is 34.7. The summed E-state index contributed by atoms with van der Waals surface area (Å²) in [4.78, 5) is 22.8. The van der Waals surface area contributed by atoms with Gasteiger partial charge in [-0.25, -0.2) is 23.8 Å². The van der Waals surface area contributed by atoms with Gasteiger partial charge >= 0.3 is 6.09 Å². The van der Waals surface area contributed by atoms with E-state index >= 15 is 0 Å². The standard InChI is InChI=1S/C20H25N7O3.C15H17N7O/c1-20(2,3)30-19(28)26-8-7-13(10-26)14-9-15(18-21-12-22-27(18)11-14)23-16-5-6-17(29-4)25-24-16;1-23-14-3-2-13(20-21-14)19-12-6-11(10-4-5-16-7-10)8-22-15(12)17-9-18-22/h5-6,9,11-13H,7-8,10H2,1-4H3,(H,23,24);2-3,6,8-10,16H,4-5,7H2,1H3,(H,19,20). The van der Waals surface area contributed by atoms with Crippen molar-refractivity contribution in [2.75, 3.05) is 51.0 Å². The number of nitrogens with one attached hydrogen (secondary N) is 3. The van der Waals surface area contributed by atoms with Crippen LogP contribution in [-0.2, 0) is 4.74 Å². The molecule has 8 heterocycles. The average Bonchev–Trinajstić information content (AvgIpc) is 3.99. The summed E-state index contributed by atoms with van der Waals surface area (Å²) in [5.41, 5.74) is 4.85. The van der Waals surface area contributed by atoms with Gasteiger partial charge in [-0.1, -0.05) is 0 Å². The van der Waals surface area contributed by atoms with Crippen LogP contribution >= 0.6 is 0 Å². The van der Waals surface area contributed by atoms with Crippen LogP contribution in [0.2, 0.25) is 0 Å². The van der Waals surface area contributed by atoms with E-state index in [0.717, 1.165) is 48.5 Å². The number of nitrogens with zero attached hydrogens (tertiary/aromatic N) is 11. The Balaban J connectivity index is 0.000000170. The highest BCUT2D eigenvalue weighted by atomic mass is 16.6. The van der Waals surface area contributed by atoms with Crippen LogP contribution in [-0.4, -0.2) is 107 Å². The van der Waals surface area contributed by atoms with Crippen LogP contribution in [0.25, 0.3) is 11.3 Å². The number of methoxy groups -OCH3 is 2. The summed E-state index contributed by atoms with van der Waals surface area (Å²) >= 11 is 0. The molecule has 2 aliphatic heterocycles. The first kappa shape index (κ1) is 35.2. The summed E-state index contributed by atoms with van der Waals surface area (Å²) in [5.74, 6) is 2.79.